The Balaban J connectivity index is 3.42. The van der Waals surface area contributed by atoms with Gasteiger partial charge in [0.1, 0.15) is 12.4 Å². The molecule has 0 atom stereocenters. The van der Waals surface area contributed by atoms with E-state index >= 15 is 0 Å². The van der Waals surface area contributed by atoms with Crippen molar-refractivity contribution in [2.45, 2.75) is 26.3 Å². The van der Waals surface area contributed by atoms with Gasteiger partial charge in [0, 0.05) is 5.54 Å². The van der Waals surface area contributed by atoms with E-state index in [2.05, 4.69) is 0 Å². The zero-order valence-corrected chi connectivity index (χ0v) is 11.1. The second-order valence-electron chi connectivity index (χ2n) is 5.15. The molecule has 104 valence electrons. The first kappa shape index (κ1) is 14.9. The van der Waals surface area contributed by atoms with Crippen LogP contribution < -0.4 is 10.6 Å². The molecular weight excluding hydrogens is 251 g/mol. The summed E-state index contributed by atoms with van der Waals surface area (Å²) in [6.07, 6.45) is 0. The Morgan fingerprint density at radius 2 is 1.95 bits per heavy atom. The predicted molar refractivity (Wildman–Crippen MR) is 69.7 cm³/mol. The fourth-order valence-corrected chi connectivity index (χ4v) is 1.80. The summed E-state index contributed by atoms with van der Waals surface area (Å²) < 4.78 is 13.7. The highest BCUT2D eigenvalue weighted by Gasteiger charge is 2.28. The van der Waals surface area contributed by atoms with Crippen LogP contribution in [0.4, 0.5) is 10.1 Å². The molecule has 1 rings (SSSR count). The largest absolute Gasteiger partial charge is 0.480 e. The summed E-state index contributed by atoms with van der Waals surface area (Å²) in [6.45, 7) is 4.95. The number of carboxylic acids is 1. The van der Waals surface area contributed by atoms with Crippen molar-refractivity contribution in [1.29, 1.82) is 0 Å². The highest BCUT2D eigenvalue weighted by atomic mass is 19.1. The molecule has 0 aliphatic rings. The molecule has 0 radical (unpaired) electrons. The van der Waals surface area contributed by atoms with Crippen molar-refractivity contribution in [2.75, 3.05) is 11.4 Å². The van der Waals surface area contributed by atoms with E-state index in [0.717, 1.165) is 6.07 Å². The van der Waals surface area contributed by atoms with E-state index in [4.69, 9.17) is 10.8 Å². The summed E-state index contributed by atoms with van der Waals surface area (Å²) >= 11 is 0. The van der Waals surface area contributed by atoms with Crippen molar-refractivity contribution >= 4 is 17.6 Å². The number of aliphatic carboxylic acids is 1. The van der Waals surface area contributed by atoms with E-state index in [1.807, 2.05) is 0 Å². The summed E-state index contributed by atoms with van der Waals surface area (Å²) in [7, 11) is 0. The van der Waals surface area contributed by atoms with Gasteiger partial charge in [-0.05, 0) is 32.9 Å². The molecule has 0 aliphatic carbocycles. The number of amides is 1. The van der Waals surface area contributed by atoms with Crippen molar-refractivity contribution in [2.24, 2.45) is 5.73 Å². The summed E-state index contributed by atoms with van der Waals surface area (Å²) in [5, 5.41) is 8.96. The van der Waals surface area contributed by atoms with Gasteiger partial charge in [0.15, 0.2) is 0 Å². The Hall–Kier alpha value is -2.11. The summed E-state index contributed by atoms with van der Waals surface area (Å²) in [5.74, 6) is -2.76. The number of carboxylic acid groups (broad SMARTS) is 1. The Morgan fingerprint density at radius 1 is 1.37 bits per heavy atom. The summed E-state index contributed by atoms with van der Waals surface area (Å²) in [5.41, 5.74) is 4.46. The first-order chi connectivity index (χ1) is 8.64. The minimum Gasteiger partial charge on any atom is -0.480 e. The molecule has 1 amide bonds. The van der Waals surface area contributed by atoms with Crippen LogP contribution >= 0.6 is 0 Å². The number of hydrogen-bond donors (Lipinski definition) is 2. The third-order valence-corrected chi connectivity index (χ3v) is 2.63. The zero-order valence-electron chi connectivity index (χ0n) is 11.1. The normalized spacial score (nSPS) is 11.2. The number of rotatable bonds is 4. The highest BCUT2D eigenvalue weighted by molar-refractivity contribution is 5.99. The van der Waals surface area contributed by atoms with Crippen LogP contribution in [0.1, 0.15) is 31.1 Å². The lowest BCUT2D eigenvalue weighted by Crippen LogP contribution is -2.45. The van der Waals surface area contributed by atoms with Crippen LogP contribution in [0, 0.1) is 5.82 Å². The van der Waals surface area contributed by atoms with Gasteiger partial charge in [0.05, 0.1) is 11.3 Å². The van der Waals surface area contributed by atoms with Crippen molar-refractivity contribution in [3.05, 3.63) is 29.6 Å². The van der Waals surface area contributed by atoms with Crippen LogP contribution in [0.3, 0.4) is 0 Å². The second kappa shape index (κ2) is 5.26. The van der Waals surface area contributed by atoms with E-state index in [1.54, 1.807) is 20.8 Å². The molecule has 0 aromatic heterocycles. The number of hydrogen-bond acceptors (Lipinski definition) is 3. The molecule has 5 nitrogen and oxygen atoms in total. The molecule has 1 aromatic carbocycles. The molecule has 1 aromatic rings. The SMILES string of the molecule is CC(C)(C)N(CC(=O)O)c1cccc(F)c1C(N)=O. The predicted octanol–water partition coefficient (Wildman–Crippen LogP) is 1.61. The van der Waals surface area contributed by atoms with Gasteiger partial charge >= 0.3 is 5.97 Å². The van der Waals surface area contributed by atoms with Crippen molar-refractivity contribution < 1.29 is 19.1 Å². The molecule has 0 fully saturated rings. The maximum absolute atomic E-state index is 13.7. The van der Waals surface area contributed by atoms with Gasteiger partial charge in [-0.1, -0.05) is 6.07 Å². The lowest BCUT2D eigenvalue weighted by Gasteiger charge is -2.37. The van der Waals surface area contributed by atoms with E-state index in [0.29, 0.717) is 0 Å². The number of benzene rings is 1. The number of anilines is 1. The Labute approximate surface area is 110 Å². The number of primary amides is 1. The van der Waals surface area contributed by atoms with E-state index in [9.17, 15) is 14.0 Å². The summed E-state index contributed by atoms with van der Waals surface area (Å²) in [4.78, 5) is 23.7. The van der Waals surface area contributed by atoms with Gasteiger partial charge in [-0.15, -0.1) is 0 Å². The van der Waals surface area contributed by atoms with Crippen molar-refractivity contribution in [1.82, 2.24) is 0 Å². The standard InChI is InChI=1S/C13H17FN2O3/c1-13(2,3)16(7-10(17)18)9-6-4-5-8(14)11(9)12(15)19/h4-6H,7H2,1-3H3,(H2,15,19)(H,17,18). The highest BCUT2D eigenvalue weighted by Crippen LogP contribution is 2.28. The monoisotopic (exact) mass is 268 g/mol. The molecule has 0 heterocycles. The maximum atomic E-state index is 13.7. The van der Waals surface area contributed by atoms with Crippen LogP contribution in [-0.2, 0) is 4.79 Å². The molecule has 19 heavy (non-hydrogen) atoms. The minimum absolute atomic E-state index is 0.183. The first-order valence-electron chi connectivity index (χ1n) is 5.72. The third-order valence-electron chi connectivity index (χ3n) is 2.63. The van der Waals surface area contributed by atoms with Crippen LogP contribution in [0.15, 0.2) is 18.2 Å². The van der Waals surface area contributed by atoms with Crippen LogP contribution in [0.25, 0.3) is 0 Å². The third kappa shape index (κ3) is 3.43. The van der Waals surface area contributed by atoms with Crippen molar-refractivity contribution in [3.63, 3.8) is 0 Å². The van der Waals surface area contributed by atoms with Crippen LogP contribution in [0.5, 0.6) is 0 Å². The molecule has 3 N–H and O–H groups in total. The van der Waals surface area contributed by atoms with Crippen LogP contribution in [0.2, 0.25) is 0 Å². The number of nitrogens with two attached hydrogens (primary N) is 1. The van der Waals surface area contributed by atoms with Gasteiger partial charge in [-0.25, -0.2) is 4.39 Å². The Bertz CT molecular complexity index is 509. The number of carbonyl (C=O) groups is 2. The Morgan fingerprint density at radius 3 is 2.37 bits per heavy atom. The molecule has 0 aliphatic heterocycles. The summed E-state index contributed by atoms with van der Waals surface area (Å²) in [6, 6.07) is 4.01. The smallest absolute Gasteiger partial charge is 0.323 e. The first-order valence-corrected chi connectivity index (χ1v) is 5.72. The van der Waals surface area contributed by atoms with Gasteiger partial charge in [0.2, 0.25) is 0 Å². The number of carbonyl (C=O) groups excluding carboxylic acids is 1. The lowest BCUT2D eigenvalue weighted by molar-refractivity contribution is -0.135. The van der Waals surface area contributed by atoms with E-state index in [-0.39, 0.29) is 17.8 Å². The molecular formula is C13H17FN2O3. The molecule has 0 spiro atoms. The quantitative estimate of drug-likeness (QED) is 0.869. The van der Waals surface area contributed by atoms with E-state index in [1.165, 1.54) is 17.0 Å². The van der Waals surface area contributed by atoms with Crippen LogP contribution in [-0.4, -0.2) is 29.1 Å². The minimum atomic E-state index is -1.07. The Kier molecular flexibility index (Phi) is 4.14. The molecule has 6 heteroatoms. The molecule has 0 saturated carbocycles. The van der Waals surface area contributed by atoms with Gasteiger partial charge in [-0.2, -0.15) is 0 Å². The lowest BCUT2D eigenvalue weighted by atomic mass is 10.0. The van der Waals surface area contributed by atoms with Gasteiger partial charge < -0.3 is 15.7 Å². The maximum Gasteiger partial charge on any atom is 0.323 e. The van der Waals surface area contributed by atoms with Gasteiger partial charge in [-0.3, -0.25) is 9.59 Å². The molecule has 0 unspecified atom stereocenters. The van der Waals surface area contributed by atoms with Crippen molar-refractivity contribution in [3.8, 4) is 0 Å². The molecule has 0 saturated heterocycles. The fraction of sp³-hybridized carbons (Fsp3) is 0.385. The average molecular weight is 268 g/mol. The number of nitrogens with zero attached hydrogens (tertiary/aromatic N) is 1. The van der Waals surface area contributed by atoms with E-state index < -0.39 is 23.2 Å². The molecule has 0 bridgehead atoms. The van der Waals surface area contributed by atoms with Gasteiger partial charge in [0.25, 0.3) is 5.91 Å². The number of halogens is 1. The topological polar surface area (TPSA) is 83.6 Å². The second-order valence-corrected chi connectivity index (χ2v) is 5.15. The fourth-order valence-electron chi connectivity index (χ4n) is 1.80. The average Bonchev–Trinajstić information content (AvgIpc) is 2.23. The zero-order chi connectivity index (χ0) is 14.8.